The minimum absolute atomic E-state index is 0.0136. The second-order valence-electron chi connectivity index (χ2n) is 14.0. The van der Waals surface area contributed by atoms with E-state index < -0.39 is 0 Å². The van der Waals surface area contributed by atoms with Crippen LogP contribution in [0.5, 0.6) is 0 Å². The summed E-state index contributed by atoms with van der Waals surface area (Å²) in [5.41, 5.74) is 1.59. The average Bonchev–Trinajstić information content (AvgIpc) is 3.04. The molecule has 0 heterocycles. The van der Waals surface area contributed by atoms with E-state index in [0.29, 0.717) is 16.2 Å². The van der Waals surface area contributed by atoms with Crippen LogP contribution in [0.4, 0.5) is 0 Å². The van der Waals surface area contributed by atoms with Crippen molar-refractivity contribution in [2.75, 3.05) is 0 Å². The van der Waals surface area contributed by atoms with Crippen molar-refractivity contribution in [3.63, 3.8) is 0 Å². The van der Waals surface area contributed by atoms with Crippen LogP contribution >= 0.6 is 0 Å². The summed E-state index contributed by atoms with van der Waals surface area (Å²) in [6.45, 7) is 17.7. The first-order valence-corrected chi connectivity index (χ1v) is 13.7. The molecule has 0 amide bonds. The molecular weight excluding hydrogens is 364 g/mol. The highest BCUT2D eigenvalue weighted by Gasteiger charge is 2.60. The lowest BCUT2D eigenvalue weighted by molar-refractivity contribution is -0.129. The molecule has 4 aliphatic rings. The maximum Gasteiger partial charge on any atom is 0.0543 e. The Kier molecular flexibility index (Phi) is 6.22. The Labute approximate surface area is 188 Å². The van der Waals surface area contributed by atoms with Crippen molar-refractivity contribution in [2.45, 2.75) is 125 Å². The van der Waals surface area contributed by atoms with Gasteiger partial charge in [-0.3, -0.25) is 0 Å². The van der Waals surface area contributed by atoms with Gasteiger partial charge in [-0.15, -0.1) is 0 Å². The molecule has 0 radical (unpaired) electrons. The molecule has 0 aromatic carbocycles. The molecule has 0 bridgehead atoms. The molecular formula is C29H52O. The molecule has 9 atom stereocenters. The minimum Gasteiger partial charge on any atom is -0.393 e. The van der Waals surface area contributed by atoms with Crippen molar-refractivity contribution in [3.05, 3.63) is 0 Å². The summed E-state index contributed by atoms with van der Waals surface area (Å²) < 4.78 is 0. The quantitative estimate of drug-likeness (QED) is 0.480. The van der Waals surface area contributed by atoms with Crippen LogP contribution in [0.15, 0.2) is 0 Å². The van der Waals surface area contributed by atoms with Gasteiger partial charge < -0.3 is 5.11 Å². The third-order valence-electron chi connectivity index (χ3n) is 12.2. The lowest BCUT2D eigenvalue weighted by Gasteiger charge is -2.61. The van der Waals surface area contributed by atoms with Crippen LogP contribution < -0.4 is 0 Å². The Hall–Kier alpha value is -0.0400. The standard InChI is InChI=1S/C29H52O/c1-19(2)27(4,5)15-12-20(3)24-10-11-25-23-9-8-21-18-22(30)13-16-28(21,6)26(23)14-17-29(24,25)7/h19-26,30H,8-18H2,1-7H3/t20-,21-,22-,23-,24+,25+,26-,28-,29+/m0/s1. The molecule has 0 aromatic rings. The first-order chi connectivity index (χ1) is 14.0. The van der Waals surface area contributed by atoms with Gasteiger partial charge in [-0.2, -0.15) is 0 Å². The lowest BCUT2D eigenvalue weighted by atomic mass is 9.44. The molecule has 0 spiro atoms. The van der Waals surface area contributed by atoms with Crippen molar-refractivity contribution >= 4 is 0 Å². The predicted octanol–water partition coefficient (Wildman–Crippen LogP) is 8.10. The van der Waals surface area contributed by atoms with Gasteiger partial charge >= 0.3 is 0 Å². The molecule has 30 heavy (non-hydrogen) atoms. The molecule has 0 unspecified atom stereocenters. The van der Waals surface area contributed by atoms with Crippen LogP contribution in [-0.4, -0.2) is 11.2 Å². The summed E-state index contributed by atoms with van der Waals surface area (Å²) in [7, 11) is 0. The van der Waals surface area contributed by atoms with E-state index in [1.54, 1.807) is 0 Å². The third kappa shape index (κ3) is 3.72. The highest BCUT2D eigenvalue weighted by atomic mass is 16.3. The molecule has 1 nitrogen and oxygen atoms in total. The van der Waals surface area contributed by atoms with Gasteiger partial charge in [-0.25, -0.2) is 0 Å². The van der Waals surface area contributed by atoms with Crippen molar-refractivity contribution in [1.29, 1.82) is 0 Å². The van der Waals surface area contributed by atoms with Gasteiger partial charge in [-0.05, 0) is 128 Å². The number of hydrogen-bond donors (Lipinski definition) is 1. The zero-order valence-corrected chi connectivity index (χ0v) is 21.3. The van der Waals surface area contributed by atoms with Gasteiger partial charge in [0.2, 0.25) is 0 Å². The monoisotopic (exact) mass is 416 g/mol. The maximum absolute atomic E-state index is 10.3. The molecule has 174 valence electrons. The van der Waals surface area contributed by atoms with Gasteiger partial charge in [0, 0.05) is 0 Å². The summed E-state index contributed by atoms with van der Waals surface area (Å²) in [5, 5.41) is 10.3. The second kappa shape index (κ2) is 8.07. The average molecular weight is 417 g/mol. The van der Waals surface area contributed by atoms with Gasteiger partial charge in [0.1, 0.15) is 0 Å². The third-order valence-corrected chi connectivity index (χ3v) is 12.2. The smallest absolute Gasteiger partial charge is 0.0543 e. The Balaban J connectivity index is 1.46. The number of aliphatic hydroxyl groups is 1. The lowest BCUT2D eigenvalue weighted by Crippen LogP contribution is -2.54. The van der Waals surface area contributed by atoms with Crippen LogP contribution in [-0.2, 0) is 0 Å². The summed E-state index contributed by atoms with van der Waals surface area (Å²) in [4.78, 5) is 0. The zero-order chi connectivity index (χ0) is 21.9. The van der Waals surface area contributed by atoms with E-state index >= 15 is 0 Å². The fraction of sp³-hybridized carbons (Fsp3) is 1.00. The van der Waals surface area contributed by atoms with Gasteiger partial charge in [0.15, 0.2) is 0 Å². The SMILES string of the molecule is CC(C)C(C)(C)CC[C@H](C)[C@H]1CC[C@@H]2[C@@H]3CC[C@H]4C[C@@H](O)CC[C@]4(C)[C@H]3CC[C@@]21C. The summed E-state index contributed by atoms with van der Waals surface area (Å²) in [6, 6.07) is 0. The van der Waals surface area contributed by atoms with E-state index in [1.165, 1.54) is 57.8 Å². The Morgan fingerprint density at radius 3 is 2.23 bits per heavy atom. The first kappa shape index (κ1) is 23.1. The zero-order valence-electron chi connectivity index (χ0n) is 21.3. The molecule has 0 aromatic heterocycles. The summed E-state index contributed by atoms with van der Waals surface area (Å²) in [6.07, 6.45) is 15.0. The molecule has 4 fully saturated rings. The Morgan fingerprint density at radius 1 is 0.867 bits per heavy atom. The molecule has 1 N–H and O–H groups in total. The minimum atomic E-state index is -0.0136. The number of fused-ring (bicyclic) bond motifs is 5. The molecule has 0 saturated heterocycles. The van der Waals surface area contributed by atoms with Crippen LogP contribution in [0.1, 0.15) is 119 Å². The first-order valence-electron chi connectivity index (χ1n) is 13.7. The maximum atomic E-state index is 10.3. The molecule has 4 rings (SSSR count). The van der Waals surface area contributed by atoms with Crippen LogP contribution in [0, 0.1) is 57.7 Å². The normalized spacial score (nSPS) is 47.5. The van der Waals surface area contributed by atoms with E-state index in [0.717, 1.165) is 54.3 Å². The van der Waals surface area contributed by atoms with Crippen molar-refractivity contribution in [2.24, 2.45) is 57.7 Å². The Bertz CT molecular complexity index is 607. The van der Waals surface area contributed by atoms with Crippen molar-refractivity contribution < 1.29 is 5.11 Å². The Morgan fingerprint density at radius 2 is 1.53 bits per heavy atom. The van der Waals surface area contributed by atoms with Crippen molar-refractivity contribution in [1.82, 2.24) is 0 Å². The molecule has 4 saturated carbocycles. The topological polar surface area (TPSA) is 20.2 Å². The number of hydrogen-bond acceptors (Lipinski definition) is 1. The van der Waals surface area contributed by atoms with Gasteiger partial charge in [0.05, 0.1) is 6.10 Å². The number of aliphatic hydroxyl groups excluding tert-OH is 1. The van der Waals surface area contributed by atoms with E-state index in [9.17, 15) is 5.11 Å². The van der Waals surface area contributed by atoms with Crippen LogP contribution in [0.3, 0.4) is 0 Å². The second-order valence-corrected chi connectivity index (χ2v) is 14.0. The van der Waals surface area contributed by atoms with Crippen LogP contribution in [0.25, 0.3) is 0 Å². The highest BCUT2D eigenvalue weighted by Crippen LogP contribution is 2.68. The van der Waals surface area contributed by atoms with E-state index in [-0.39, 0.29) is 6.10 Å². The van der Waals surface area contributed by atoms with E-state index in [1.807, 2.05) is 0 Å². The summed E-state index contributed by atoms with van der Waals surface area (Å²) in [5.74, 6) is 6.29. The van der Waals surface area contributed by atoms with Crippen molar-refractivity contribution in [3.8, 4) is 0 Å². The fourth-order valence-electron chi connectivity index (χ4n) is 9.30. The van der Waals surface area contributed by atoms with E-state index in [4.69, 9.17) is 0 Å². The highest BCUT2D eigenvalue weighted by molar-refractivity contribution is 5.09. The van der Waals surface area contributed by atoms with Gasteiger partial charge in [-0.1, -0.05) is 48.5 Å². The predicted molar refractivity (Wildman–Crippen MR) is 128 cm³/mol. The fourth-order valence-corrected chi connectivity index (χ4v) is 9.30. The van der Waals surface area contributed by atoms with E-state index in [2.05, 4.69) is 48.5 Å². The summed E-state index contributed by atoms with van der Waals surface area (Å²) >= 11 is 0. The molecule has 0 aliphatic heterocycles. The van der Waals surface area contributed by atoms with Crippen LogP contribution in [0.2, 0.25) is 0 Å². The van der Waals surface area contributed by atoms with Gasteiger partial charge in [0.25, 0.3) is 0 Å². The molecule has 1 heteroatoms. The largest absolute Gasteiger partial charge is 0.393 e. The molecule has 4 aliphatic carbocycles. The number of rotatable bonds is 5.